The number of aromatic carboxylic acids is 1. The third-order valence-electron chi connectivity index (χ3n) is 2.02. The van der Waals surface area contributed by atoms with Gasteiger partial charge in [0.15, 0.2) is 0 Å². The van der Waals surface area contributed by atoms with Crippen molar-refractivity contribution < 1.29 is 14.6 Å². The molecule has 0 bridgehead atoms. The molecule has 0 aromatic carbocycles. The molecular weight excluding hydrogens is 196 g/mol. The molecule has 5 heteroatoms. The van der Waals surface area contributed by atoms with Crippen molar-refractivity contribution in [2.24, 2.45) is 0 Å². The van der Waals surface area contributed by atoms with E-state index in [9.17, 15) is 4.79 Å². The molecule has 2 rings (SSSR count). The first-order valence-corrected chi connectivity index (χ1v) is 4.24. The predicted molar refractivity (Wildman–Crippen MR) is 53.0 cm³/mol. The second-order valence-electron chi connectivity index (χ2n) is 2.91. The van der Waals surface area contributed by atoms with Gasteiger partial charge >= 0.3 is 5.97 Å². The Morgan fingerprint density at radius 2 is 2.27 bits per heavy atom. The van der Waals surface area contributed by atoms with Crippen molar-refractivity contribution in [2.75, 3.05) is 7.11 Å². The zero-order valence-electron chi connectivity index (χ0n) is 7.97. The number of hydrogen-bond acceptors (Lipinski definition) is 4. The molecule has 2 heterocycles. The van der Waals surface area contributed by atoms with Gasteiger partial charge in [-0.25, -0.2) is 9.78 Å². The highest BCUT2D eigenvalue weighted by atomic mass is 16.5. The minimum Gasteiger partial charge on any atom is -0.495 e. The fourth-order valence-corrected chi connectivity index (χ4v) is 1.30. The molecule has 15 heavy (non-hydrogen) atoms. The maximum atomic E-state index is 10.9. The standard InChI is InChI=1S/C10H8N2O3/c1-15-6-4-8-9(12-5-6)7(10(13)14)2-3-11-8/h2-5H,1H3,(H,13,14). The molecule has 2 aromatic rings. The van der Waals surface area contributed by atoms with E-state index < -0.39 is 5.97 Å². The van der Waals surface area contributed by atoms with Gasteiger partial charge in [0, 0.05) is 12.3 Å². The van der Waals surface area contributed by atoms with E-state index in [0.29, 0.717) is 16.8 Å². The van der Waals surface area contributed by atoms with Crippen LogP contribution in [0, 0.1) is 0 Å². The normalized spacial score (nSPS) is 10.2. The summed E-state index contributed by atoms with van der Waals surface area (Å²) in [5.41, 5.74) is 1.02. The first kappa shape index (κ1) is 9.39. The summed E-state index contributed by atoms with van der Waals surface area (Å²) in [6.45, 7) is 0. The maximum Gasteiger partial charge on any atom is 0.338 e. The van der Waals surface area contributed by atoms with Gasteiger partial charge in [-0.15, -0.1) is 0 Å². The van der Waals surface area contributed by atoms with Gasteiger partial charge in [0.1, 0.15) is 11.3 Å². The van der Waals surface area contributed by atoms with E-state index in [-0.39, 0.29) is 5.56 Å². The average Bonchev–Trinajstić information content (AvgIpc) is 2.27. The van der Waals surface area contributed by atoms with E-state index in [0.717, 1.165) is 0 Å². The highest BCUT2D eigenvalue weighted by molar-refractivity contribution is 6.00. The molecule has 2 aromatic heterocycles. The number of fused-ring (bicyclic) bond motifs is 1. The van der Waals surface area contributed by atoms with Crippen molar-refractivity contribution in [1.29, 1.82) is 0 Å². The second kappa shape index (κ2) is 3.53. The summed E-state index contributed by atoms with van der Waals surface area (Å²) in [6, 6.07) is 3.07. The van der Waals surface area contributed by atoms with E-state index in [4.69, 9.17) is 9.84 Å². The van der Waals surface area contributed by atoms with Crippen molar-refractivity contribution in [3.8, 4) is 5.75 Å². The van der Waals surface area contributed by atoms with Gasteiger partial charge in [-0.3, -0.25) is 4.98 Å². The van der Waals surface area contributed by atoms with Crippen LogP contribution in [0.4, 0.5) is 0 Å². The number of methoxy groups -OCH3 is 1. The molecule has 0 atom stereocenters. The van der Waals surface area contributed by atoms with E-state index in [1.54, 1.807) is 6.07 Å². The Balaban J connectivity index is 2.72. The number of carbonyl (C=O) groups is 1. The molecule has 0 aliphatic heterocycles. The molecule has 1 N–H and O–H groups in total. The van der Waals surface area contributed by atoms with Crippen LogP contribution in [0.3, 0.4) is 0 Å². The van der Waals surface area contributed by atoms with Gasteiger partial charge < -0.3 is 9.84 Å². The highest BCUT2D eigenvalue weighted by Crippen LogP contribution is 2.18. The molecule has 0 aliphatic rings. The molecule has 0 unspecified atom stereocenters. The summed E-state index contributed by atoms with van der Waals surface area (Å²) < 4.78 is 4.97. The van der Waals surface area contributed by atoms with Crippen LogP contribution < -0.4 is 4.74 Å². The summed E-state index contributed by atoms with van der Waals surface area (Å²) in [7, 11) is 1.52. The zero-order chi connectivity index (χ0) is 10.8. The van der Waals surface area contributed by atoms with Gasteiger partial charge in [0.25, 0.3) is 0 Å². The SMILES string of the molecule is COc1cnc2c(C(=O)O)ccnc2c1. The Bertz CT molecular complexity index is 525. The van der Waals surface area contributed by atoms with E-state index in [2.05, 4.69) is 9.97 Å². The summed E-state index contributed by atoms with van der Waals surface area (Å²) in [5, 5.41) is 8.91. The molecule has 0 aliphatic carbocycles. The Morgan fingerprint density at radius 3 is 2.93 bits per heavy atom. The van der Waals surface area contributed by atoms with Crippen LogP contribution in [0.5, 0.6) is 5.75 Å². The number of rotatable bonds is 2. The number of carboxylic acid groups (broad SMARTS) is 1. The largest absolute Gasteiger partial charge is 0.495 e. The molecule has 0 saturated heterocycles. The van der Waals surface area contributed by atoms with Gasteiger partial charge in [0.05, 0.1) is 24.4 Å². The van der Waals surface area contributed by atoms with Gasteiger partial charge in [-0.2, -0.15) is 0 Å². The molecule has 0 spiro atoms. The van der Waals surface area contributed by atoms with Crippen molar-refractivity contribution in [1.82, 2.24) is 9.97 Å². The third-order valence-corrected chi connectivity index (χ3v) is 2.02. The molecule has 0 saturated carbocycles. The third kappa shape index (κ3) is 1.59. The molecule has 5 nitrogen and oxygen atoms in total. The maximum absolute atomic E-state index is 10.9. The van der Waals surface area contributed by atoms with Crippen molar-refractivity contribution in [3.05, 3.63) is 30.1 Å². The molecule has 0 amide bonds. The lowest BCUT2D eigenvalue weighted by Crippen LogP contribution is -2.00. The Morgan fingerprint density at radius 1 is 1.47 bits per heavy atom. The van der Waals surface area contributed by atoms with Crippen LogP contribution >= 0.6 is 0 Å². The van der Waals surface area contributed by atoms with E-state index >= 15 is 0 Å². The fourth-order valence-electron chi connectivity index (χ4n) is 1.30. The van der Waals surface area contributed by atoms with Gasteiger partial charge in [0.2, 0.25) is 0 Å². The van der Waals surface area contributed by atoms with Crippen LogP contribution in [-0.4, -0.2) is 28.2 Å². The molecular formula is C10H8N2O3. The topological polar surface area (TPSA) is 72.3 Å². The van der Waals surface area contributed by atoms with Crippen LogP contribution in [0.25, 0.3) is 11.0 Å². The molecule has 0 radical (unpaired) electrons. The van der Waals surface area contributed by atoms with Crippen LogP contribution in [0.2, 0.25) is 0 Å². The Kier molecular flexibility index (Phi) is 2.21. The smallest absolute Gasteiger partial charge is 0.338 e. The van der Waals surface area contributed by atoms with Crippen LogP contribution in [0.1, 0.15) is 10.4 Å². The first-order chi connectivity index (χ1) is 7.22. The predicted octanol–water partition coefficient (Wildman–Crippen LogP) is 1.34. The minimum atomic E-state index is -1.01. The van der Waals surface area contributed by atoms with E-state index in [1.165, 1.54) is 25.6 Å². The first-order valence-electron chi connectivity index (χ1n) is 4.24. The number of aromatic nitrogens is 2. The highest BCUT2D eigenvalue weighted by Gasteiger charge is 2.10. The number of ether oxygens (including phenoxy) is 1. The number of nitrogens with zero attached hydrogens (tertiary/aromatic N) is 2. The summed E-state index contributed by atoms with van der Waals surface area (Å²) in [4.78, 5) is 18.9. The fraction of sp³-hybridized carbons (Fsp3) is 0.100. The lowest BCUT2D eigenvalue weighted by atomic mass is 10.2. The van der Waals surface area contributed by atoms with Gasteiger partial charge in [-0.05, 0) is 6.07 Å². The average molecular weight is 204 g/mol. The number of hydrogen-bond donors (Lipinski definition) is 1. The van der Waals surface area contributed by atoms with Crippen molar-refractivity contribution in [2.45, 2.75) is 0 Å². The monoisotopic (exact) mass is 204 g/mol. The quantitative estimate of drug-likeness (QED) is 0.799. The second-order valence-corrected chi connectivity index (χ2v) is 2.91. The molecule has 0 fully saturated rings. The minimum absolute atomic E-state index is 0.141. The number of carboxylic acids is 1. The molecule has 76 valence electrons. The van der Waals surface area contributed by atoms with Crippen LogP contribution in [0.15, 0.2) is 24.5 Å². The van der Waals surface area contributed by atoms with Gasteiger partial charge in [-0.1, -0.05) is 0 Å². The Hall–Kier alpha value is -2.17. The summed E-state index contributed by atoms with van der Waals surface area (Å²) >= 11 is 0. The lowest BCUT2D eigenvalue weighted by Gasteiger charge is -2.02. The zero-order valence-corrected chi connectivity index (χ0v) is 7.97. The van der Waals surface area contributed by atoms with Crippen LogP contribution in [-0.2, 0) is 0 Å². The van der Waals surface area contributed by atoms with E-state index in [1.807, 2.05) is 0 Å². The number of pyridine rings is 2. The van der Waals surface area contributed by atoms with Crippen molar-refractivity contribution >= 4 is 17.0 Å². The Labute approximate surface area is 85.4 Å². The lowest BCUT2D eigenvalue weighted by molar-refractivity contribution is 0.0698. The summed E-state index contributed by atoms with van der Waals surface area (Å²) in [5.74, 6) is -0.461. The summed E-state index contributed by atoms with van der Waals surface area (Å²) in [6.07, 6.45) is 2.91. The van der Waals surface area contributed by atoms with Crippen molar-refractivity contribution in [3.63, 3.8) is 0 Å².